The molecule has 1 aliphatic rings. The van der Waals surface area contributed by atoms with Crippen molar-refractivity contribution in [3.05, 3.63) is 63.4 Å². The minimum absolute atomic E-state index is 0.00155. The number of anilines is 1. The van der Waals surface area contributed by atoms with Crippen molar-refractivity contribution in [3.8, 4) is 6.07 Å². The summed E-state index contributed by atoms with van der Waals surface area (Å²) in [5.41, 5.74) is 0.330. The molecule has 0 saturated carbocycles. The van der Waals surface area contributed by atoms with E-state index >= 15 is 0 Å². The summed E-state index contributed by atoms with van der Waals surface area (Å²) in [6.07, 6.45) is -0.00276. The van der Waals surface area contributed by atoms with E-state index in [1.807, 2.05) is 6.07 Å². The largest absolute Gasteiger partial charge is 0.454 e. The lowest BCUT2D eigenvalue weighted by atomic mass is 10.1. The number of benzene rings is 2. The first-order chi connectivity index (χ1) is 15.2. The normalized spacial score (nSPS) is 12.4. The van der Waals surface area contributed by atoms with Gasteiger partial charge in [-0.05, 0) is 36.4 Å². The lowest BCUT2D eigenvalue weighted by Crippen LogP contribution is -2.39. The Balaban J connectivity index is 1.64. The van der Waals surface area contributed by atoms with E-state index in [0.717, 1.165) is 12.1 Å². The summed E-state index contributed by atoms with van der Waals surface area (Å²) in [5.74, 6) is -3.65. The zero-order valence-electron chi connectivity index (χ0n) is 16.3. The molecule has 2 aromatic rings. The van der Waals surface area contributed by atoms with Gasteiger partial charge >= 0.3 is 5.97 Å². The molecule has 3 amide bonds. The van der Waals surface area contributed by atoms with Crippen LogP contribution in [0, 0.1) is 17.1 Å². The molecule has 0 fully saturated rings. The molecule has 8 nitrogen and oxygen atoms in total. The molecule has 0 radical (unpaired) electrons. The van der Waals surface area contributed by atoms with Gasteiger partial charge in [0.25, 0.3) is 17.7 Å². The number of nitrogens with zero attached hydrogens (tertiary/aromatic N) is 3. The standard InChI is InChI=1S/C21H14Cl2FN3O5/c22-16-8-14-15(9-17(16)23)21(31)27(20(14)30)10-19(29)32-11-18(28)26(7-1-6-25)13-4-2-12(24)3-5-13/h2-5,8-9H,1,7,10-11H2. The highest BCUT2D eigenvalue weighted by molar-refractivity contribution is 6.43. The molecular weight excluding hydrogens is 464 g/mol. The monoisotopic (exact) mass is 477 g/mol. The quantitative estimate of drug-likeness (QED) is 0.447. The van der Waals surface area contributed by atoms with E-state index in [1.54, 1.807) is 0 Å². The highest BCUT2D eigenvalue weighted by Crippen LogP contribution is 2.31. The van der Waals surface area contributed by atoms with Crippen molar-refractivity contribution >= 4 is 52.6 Å². The Hall–Kier alpha value is -3.48. The maximum Gasteiger partial charge on any atom is 0.326 e. The first kappa shape index (κ1) is 23.2. The third kappa shape index (κ3) is 4.88. The van der Waals surface area contributed by atoms with Crippen molar-refractivity contribution in [2.75, 3.05) is 24.6 Å². The van der Waals surface area contributed by atoms with Crippen LogP contribution in [0.2, 0.25) is 10.0 Å². The maximum absolute atomic E-state index is 13.2. The Morgan fingerprint density at radius 3 is 2.16 bits per heavy atom. The molecule has 0 spiro atoms. The van der Waals surface area contributed by atoms with Crippen molar-refractivity contribution in [2.24, 2.45) is 0 Å². The molecule has 164 valence electrons. The lowest BCUT2D eigenvalue weighted by Gasteiger charge is -2.22. The average Bonchev–Trinajstić information content (AvgIpc) is 2.98. The third-order valence-corrected chi connectivity index (χ3v) is 5.26. The smallest absolute Gasteiger partial charge is 0.326 e. The van der Waals surface area contributed by atoms with Gasteiger partial charge in [-0.25, -0.2) is 4.39 Å². The molecule has 3 rings (SSSR count). The molecule has 1 aliphatic heterocycles. The van der Waals surface area contributed by atoms with Crippen molar-refractivity contribution in [2.45, 2.75) is 6.42 Å². The summed E-state index contributed by atoms with van der Waals surface area (Å²) >= 11 is 11.8. The molecule has 0 aliphatic carbocycles. The lowest BCUT2D eigenvalue weighted by molar-refractivity contribution is -0.148. The maximum atomic E-state index is 13.2. The predicted octanol–water partition coefficient (Wildman–Crippen LogP) is 3.22. The molecule has 0 bridgehead atoms. The summed E-state index contributed by atoms with van der Waals surface area (Å²) in [6, 6.07) is 9.37. The van der Waals surface area contributed by atoms with E-state index in [0.29, 0.717) is 10.6 Å². The number of carbonyl (C=O) groups excluding carboxylic acids is 4. The number of fused-ring (bicyclic) bond motifs is 1. The number of amides is 3. The van der Waals surface area contributed by atoms with Crippen LogP contribution in [0.25, 0.3) is 0 Å². The Kier molecular flexibility index (Phi) is 7.08. The van der Waals surface area contributed by atoms with Crippen LogP contribution in [-0.2, 0) is 14.3 Å². The van der Waals surface area contributed by atoms with Gasteiger partial charge in [-0.3, -0.25) is 24.1 Å². The number of carbonyl (C=O) groups is 4. The minimum atomic E-state index is -0.996. The summed E-state index contributed by atoms with van der Waals surface area (Å²) in [5, 5.41) is 8.97. The molecule has 0 unspecified atom stereocenters. The molecule has 0 N–H and O–H groups in total. The van der Waals surface area contributed by atoms with Gasteiger partial charge in [0.1, 0.15) is 12.4 Å². The zero-order valence-corrected chi connectivity index (χ0v) is 17.8. The van der Waals surface area contributed by atoms with Gasteiger partial charge < -0.3 is 9.64 Å². The number of nitriles is 1. The fourth-order valence-corrected chi connectivity index (χ4v) is 3.33. The number of imide groups is 1. The molecule has 0 aromatic heterocycles. The number of rotatable bonds is 7. The van der Waals surface area contributed by atoms with Crippen LogP contribution in [0.5, 0.6) is 0 Å². The highest BCUT2D eigenvalue weighted by Gasteiger charge is 2.38. The van der Waals surface area contributed by atoms with E-state index in [2.05, 4.69) is 0 Å². The SMILES string of the molecule is N#CCCN(C(=O)COC(=O)CN1C(=O)c2cc(Cl)c(Cl)cc2C1=O)c1ccc(F)cc1. The Morgan fingerprint density at radius 2 is 1.62 bits per heavy atom. The summed E-state index contributed by atoms with van der Waals surface area (Å²) in [6.45, 7) is -1.43. The second kappa shape index (κ2) is 9.77. The van der Waals surface area contributed by atoms with Crippen LogP contribution in [0.3, 0.4) is 0 Å². The van der Waals surface area contributed by atoms with E-state index in [4.69, 9.17) is 33.2 Å². The van der Waals surface area contributed by atoms with Gasteiger partial charge in [0, 0.05) is 12.2 Å². The molecule has 2 aromatic carbocycles. The van der Waals surface area contributed by atoms with E-state index < -0.39 is 42.7 Å². The van der Waals surface area contributed by atoms with Crippen molar-refractivity contribution in [1.82, 2.24) is 4.90 Å². The number of ether oxygens (including phenoxy) is 1. The zero-order chi connectivity index (χ0) is 23.4. The topological polar surface area (TPSA) is 108 Å². The van der Waals surface area contributed by atoms with Gasteiger partial charge in [-0.15, -0.1) is 0 Å². The number of halogens is 3. The van der Waals surface area contributed by atoms with Gasteiger partial charge in [-0.2, -0.15) is 5.26 Å². The fourth-order valence-electron chi connectivity index (χ4n) is 3.00. The van der Waals surface area contributed by atoms with Crippen molar-refractivity contribution in [1.29, 1.82) is 5.26 Å². The van der Waals surface area contributed by atoms with Crippen molar-refractivity contribution in [3.63, 3.8) is 0 Å². The first-order valence-electron chi connectivity index (χ1n) is 9.16. The van der Waals surface area contributed by atoms with Gasteiger partial charge in [-0.1, -0.05) is 23.2 Å². The van der Waals surface area contributed by atoms with Crippen LogP contribution in [-0.4, -0.2) is 48.3 Å². The van der Waals surface area contributed by atoms with Crippen molar-refractivity contribution < 1.29 is 28.3 Å². The Labute approximate surface area is 191 Å². The van der Waals surface area contributed by atoms with Gasteiger partial charge in [0.05, 0.1) is 33.7 Å². The second-order valence-electron chi connectivity index (χ2n) is 6.60. The van der Waals surface area contributed by atoms with E-state index in [9.17, 15) is 23.6 Å². The Morgan fingerprint density at radius 1 is 1.06 bits per heavy atom. The van der Waals surface area contributed by atoms with Gasteiger partial charge in [0.15, 0.2) is 6.61 Å². The number of hydrogen-bond acceptors (Lipinski definition) is 6. The van der Waals surface area contributed by atoms with E-state index in [-0.39, 0.29) is 34.1 Å². The van der Waals surface area contributed by atoms with E-state index in [1.165, 1.54) is 29.2 Å². The van der Waals surface area contributed by atoms with Crippen LogP contribution in [0.4, 0.5) is 10.1 Å². The average molecular weight is 478 g/mol. The summed E-state index contributed by atoms with van der Waals surface area (Å²) in [4.78, 5) is 51.4. The predicted molar refractivity (Wildman–Crippen MR) is 112 cm³/mol. The number of hydrogen-bond donors (Lipinski definition) is 0. The van der Waals surface area contributed by atoms with Gasteiger partial charge in [0.2, 0.25) is 0 Å². The van der Waals surface area contributed by atoms with Crippen LogP contribution in [0.1, 0.15) is 27.1 Å². The molecule has 32 heavy (non-hydrogen) atoms. The number of esters is 1. The molecule has 1 heterocycles. The molecule has 11 heteroatoms. The van der Waals surface area contributed by atoms with Crippen LogP contribution < -0.4 is 4.90 Å². The fraction of sp³-hybridized carbons (Fsp3) is 0.190. The first-order valence-corrected chi connectivity index (χ1v) is 9.92. The molecular formula is C21H14Cl2FN3O5. The highest BCUT2D eigenvalue weighted by atomic mass is 35.5. The molecule has 0 atom stereocenters. The Bertz CT molecular complexity index is 1110. The summed E-state index contributed by atoms with van der Waals surface area (Å²) in [7, 11) is 0. The van der Waals surface area contributed by atoms with Crippen LogP contribution >= 0.6 is 23.2 Å². The second-order valence-corrected chi connectivity index (χ2v) is 7.41. The minimum Gasteiger partial charge on any atom is -0.454 e. The summed E-state index contributed by atoms with van der Waals surface area (Å²) < 4.78 is 18.1. The molecule has 0 saturated heterocycles. The van der Waals surface area contributed by atoms with Crippen LogP contribution in [0.15, 0.2) is 36.4 Å². The third-order valence-electron chi connectivity index (χ3n) is 4.54.